The van der Waals surface area contributed by atoms with E-state index in [4.69, 9.17) is 4.74 Å². The molecule has 5 saturated carbocycles. The lowest BCUT2D eigenvalue weighted by molar-refractivity contribution is -0.153. The minimum atomic E-state index is -0.115. The molecule has 9 atom stereocenters. The normalized spacial score (nSPS) is 54.3. The highest BCUT2D eigenvalue weighted by Crippen LogP contribution is 2.79. The van der Waals surface area contributed by atoms with Crippen LogP contribution >= 0.6 is 0 Å². The second-order valence-corrected chi connectivity index (χ2v) is 10.6. The largest absolute Gasteiger partial charge is 0.463 e. The number of carbonyl (C=O) groups excluding carboxylic acids is 2. The van der Waals surface area contributed by atoms with Crippen molar-refractivity contribution in [2.75, 3.05) is 0 Å². The predicted molar refractivity (Wildman–Crippen MR) is 99.3 cm³/mol. The van der Waals surface area contributed by atoms with Gasteiger partial charge >= 0.3 is 5.97 Å². The molecule has 0 amide bonds. The number of ether oxygens (including phenoxy) is 1. The zero-order chi connectivity index (χ0) is 18.3. The average molecular weight is 359 g/mol. The first-order valence-corrected chi connectivity index (χ1v) is 11.0. The highest BCUT2D eigenvalue weighted by atomic mass is 16.5. The predicted octanol–water partition coefficient (Wildman–Crippen LogP) is 4.78. The molecule has 0 N–H and O–H groups in total. The number of Topliss-reactive ketones (excluding diaryl/α,β-unsaturated/α-hetero) is 1. The van der Waals surface area contributed by atoms with E-state index in [2.05, 4.69) is 6.92 Å². The van der Waals surface area contributed by atoms with Crippen molar-refractivity contribution >= 4 is 11.8 Å². The summed E-state index contributed by atoms with van der Waals surface area (Å²) in [6.07, 6.45) is 11.3. The van der Waals surface area contributed by atoms with Gasteiger partial charge in [0, 0.05) is 12.3 Å². The molecule has 5 aliphatic rings. The van der Waals surface area contributed by atoms with E-state index in [0.717, 1.165) is 42.4 Å². The van der Waals surface area contributed by atoms with Crippen LogP contribution in [0.3, 0.4) is 0 Å². The highest BCUT2D eigenvalue weighted by molar-refractivity contribution is 5.87. The smallest absolute Gasteiger partial charge is 0.302 e. The van der Waals surface area contributed by atoms with Crippen molar-refractivity contribution in [1.82, 2.24) is 0 Å². The number of carbonyl (C=O) groups is 2. The van der Waals surface area contributed by atoms with Crippen molar-refractivity contribution in [3.8, 4) is 0 Å². The summed E-state index contributed by atoms with van der Waals surface area (Å²) in [7, 11) is 0. The van der Waals surface area contributed by atoms with E-state index >= 15 is 0 Å². The summed E-state index contributed by atoms with van der Waals surface area (Å²) < 4.78 is 5.54. The molecule has 0 radical (unpaired) electrons. The van der Waals surface area contributed by atoms with Gasteiger partial charge in [0.05, 0.1) is 0 Å². The topological polar surface area (TPSA) is 43.4 Å². The van der Waals surface area contributed by atoms with Crippen molar-refractivity contribution in [3.63, 3.8) is 0 Å². The maximum atomic E-state index is 12.5. The molecule has 3 heteroatoms. The first kappa shape index (κ1) is 17.3. The van der Waals surface area contributed by atoms with E-state index in [9.17, 15) is 9.59 Å². The van der Waals surface area contributed by atoms with Crippen LogP contribution in [-0.2, 0) is 14.3 Å². The Labute approximate surface area is 157 Å². The number of fused-ring (bicyclic) bond motifs is 7. The number of rotatable bonds is 2. The van der Waals surface area contributed by atoms with Gasteiger partial charge in [0.15, 0.2) is 0 Å². The van der Waals surface area contributed by atoms with Gasteiger partial charge in [-0.2, -0.15) is 0 Å². The minimum Gasteiger partial charge on any atom is -0.463 e. The van der Waals surface area contributed by atoms with E-state index in [1.54, 1.807) is 6.92 Å². The Balaban J connectivity index is 1.34. The molecule has 0 bridgehead atoms. The number of hydrogen-bond donors (Lipinski definition) is 0. The third-order valence-corrected chi connectivity index (χ3v) is 9.92. The zero-order valence-corrected chi connectivity index (χ0v) is 16.6. The van der Waals surface area contributed by atoms with E-state index in [1.165, 1.54) is 44.9 Å². The standard InChI is InChI=1S/C23H34O3/c1-13(24)23-12-16(23)11-21-20-6-4-15-10-17(26-14(2)25)5-7-18(15)19(20)8-9-22(21,23)3/h15-21H,4-12H2,1-3H3/t15-,16?,17-,18-,19+,20+,21-,22-,23-/m0/s1. The van der Waals surface area contributed by atoms with E-state index in [-0.39, 0.29) is 22.9 Å². The second kappa shape index (κ2) is 5.58. The molecule has 0 aromatic heterocycles. The van der Waals surface area contributed by atoms with Crippen molar-refractivity contribution in [3.05, 3.63) is 0 Å². The SMILES string of the molecule is CC(=O)O[C@H]1CC[C@H]2[C@@H](CC[C@@H]3[C@@H]2CC[C@@]2(C)[C@H]3CC3C[C@]32C(C)=O)C1. The quantitative estimate of drug-likeness (QED) is 0.668. The first-order chi connectivity index (χ1) is 12.4. The third kappa shape index (κ3) is 2.12. The van der Waals surface area contributed by atoms with Crippen LogP contribution in [0.15, 0.2) is 0 Å². The summed E-state index contributed by atoms with van der Waals surface area (Å²) >= 11 is 0. The lowest BCUT2D eigenvalue weighted by atomic mass is 9.48. The van der Waals surface area contributed by atoms with Gasteiger partial charge in [-0.1, -0.05) is 6.92 Å². The van der Waals surface area contributed by atoms with E-state index < -0.39 is 0 Å². The molecule has 26 heavy (non-hydrogen) atoms. The summed E-state index contributed by atoms with van der Waals surface area (Å²) in [5, 5.41) is 0. The maximum absolute atomic E-state index is 12.5. The molecule has 0 aromatic rings. The van der Waals surface area contributed by atoms with Gasteiger partial charge < -0.3 is 4.74 Å². The Bertz CT molecular complexity index is 641. The van der Waals surface area contributed by atoms with Gasteiger partial charge in [-0.25, -0.2) is 0 Å². The van der Waals surface area contributed by atoms with Crippen molar-refractivity contribution < 1.29 is 14.3 Å². The fraction of sp³-hybridized carbons (Fsp3) is 0.913. The summed E-state index contributed by atoms with van der Waals surface area (Å²) in [6, 6.07) is 0. The maximum Gasteiger partial charge on any atom is 0.302 e. The fourth-order valence-corrected chi connectivity index (χ4v) is 8.91. The molecule has 0 aromatic carbocycles. The molecule has 1 unspecified atom stereocenters. The second-order valence-electron chi connectivity index (χ2n) is 10.6. The molecule has 5 aliphatic carbocycles. The molecule has 0 aliphatic heterocycles. The molecule has 3 nitrogen and oxygen atoms in total. The first-order valence-electron chi connectivity index (χ1n) is 11.0. The van der Waals surface area contributed by atoms with Crippen LogP contribution in [0, 0.1) is 46.3 Å². The van der Waals surface area contributed by atoms with Gasteiger partial charge in [0.2, 0.25) is 0 Å². The molecule has 5 rings (SSSR count). The van der Waals surface area contributed by atoms with Gasteiger partial charge in [0.1, 0.15) is 11.9 Å². The Morgan fingerprint density at radius 3 is 2.42 bits per heavy atom. The van der Waals surface area contributed by atoms with Gasteiger partial charge in [-0.3, -0.25) is 9.59 Å². The Kier molecular flexibility index (Phi) is 3.70. The van der Waals surface area contributed by atoms with Crippen LogP contribution in [0.4, 0.5) is 0 Å². The average Bonchev–Trinajstić information content (AvgIpc) is 3.27. The molecule has 0 spiro atoms. The number of hydrogen-bond acceptors (Lipinski definition) is 3. The molecule has 144 valence electrons. The van der Waals surface area contributed by atoms with Gasteiger partial charge in [-0.15, -0.1) is 0 Å². The molecule has 0 heterocycles. The third-order valence-electron chi connectivity index (χ3n) is 9.92. The van der Waals surface area contributed by atoms with Gasteiger partial charge in [0.25, 0.3) is 0 Å². The Morgan fingerprint density at radius 1 is 0.923 bits per heavy atom. The Hall–Kier alpha value is -0.860. The monoisotopic (exact) mass is 358 g/mol. The van der Waals surface area contributed by atoms with Crippen LogP contribution in [0.2, 0.25) is 0 Å². The summed E-state index contributed by atoms with van der Waals surface area (Å²) in [4.78, 5) is 23.9. The van der Waals surface area contributed by atoms with E-state index in [0.29, 0.717) is 11.7 Å². The zero-order valence-electron chi connectivity index (χ0n) is 16.6. The Morgan fingerprint density at radius 2 is 1.69 bits per heavy atom. The van der Waals surface area contributed by atoms with Crippen molar-refractivity contribution in [2.24, 2.45) is 46.3 Å². The van der Waals surface area contributed by atoms with Gasteiger partial charge in [-0.05, 0) is 106 Å². The lowest BCUT2D eigenvalue weighted by Crippen LogP contribution is -2.51. The summed E-state index contributed by atoms with van der Waals surface area (Å²) in [6.45, 7) is 5.89. The minimum absolute atomic E-state index is 0.0620. The van der Waals surface area contributed by atoms with Crippen molar-refractivity contribution in [1.29, 1.82) is 0 Å². The van der Waals surface area contributed by atoms with Crippen LogP contribution in [-0.4, -0.2) is 17.9 Å². The molecular weight excluding hydrogens is 324 g/mol. The molecule has 0 saturated heterocycles. The lowest BCUT2D eigenvalue weighted by Gasteiger charge is -2.57. The van der Waals surface area contributed by atoms with Crippen LogP contribution in [0.1, 0.15) is 78.6 Å². The summed E-state index contributed by atoms with van der Waals surface area (Å²) in [5.41, 5.74) is 0.346. The van der Waals surface area contributed by atoms with Crippen molar-refractivity contribution in [2.45, 2.75) is 84.7 Å². The number of esters is 1. The van der Waals surface area contributed by atoms with Crippen LogP contribution in [0.5, 0.6) is 0 Å². The van der Waals surface area contributed by atoms with Crippen LogP contribution in [0.25, 0.3) is 0 Å². The van der Waals surface area contributed by atoms with Crippen LogP contribution < -0.4 is 0 Å². The highest BCUT2D eigenvalue weighted by Gasteiger charge is 2.76. The fourth-order valence-electron chi connectivity index (χ4n) is 8.91. The number of ketones is 1. The van der Waals surface area contributed by atoms with E-state index in [1.807, 2.05) is 6.92 Å². The molecular formula is C23H34O3. The summed E-state index contributed by atoms with van der Waals surface area (Å²) in [5.74, 6) is 5.18. The molecule has 5 fully saturated rings.